The molecule has 1 N–H and O–H groups in total. The van der Waals surface area contributed by atoms with Gasteiger partial charge >= 0.3 is 0 Å². The highest BCUT2D eigenvalue weighted by atomic mass is 79.9. The maximum atomic E-state index is 12.2. The van der Waals surface area contributed by atoms with Gasteiger partial charge in [-0.25, -0.2) is 0 Å². The minimum Gasteiger partial charge on any atom is -0.317 e. The molecule has 0 aliphatic heterocycles. The number of halogens is 1. The highest BCUT2D eigenvalue weighted by Gasteiger charge is 2.44. The van der Waals surface area contributed by atoms with E-state index in [2.05, 4.69) is 38.0 Å². The molecule has 4 rings (SSSR count). The second-order valence-corrected chi connectivity index (χ2v) is 6.62. The monoisotopic (exact) mass is 332 g/mol. The first kappa shape index (κ1) is 12.1. The number of aromatic amines is 1. The van der Waals surface area contributed by atoms with Gasteiger partial charge < -0.3 is 4.98 Å². The zero-order chi connectivity index (χ0) is 14.1. The third kappa shape index (κ3) is 1.45. The van der Waals surface area contributed by atoms with E-state index in [0.29, 0.717) is 5.65 Å². The summed E-state index contributed by atoms with van der Waals surface area (Å²) in [5.41, 5.74) is 3.10. The van der Waals surface area contributed by atoms with Gasteiger partial charge in [-0.3, -0.25) is 9.20 Å². The molecule has 0 radical (unpaired) electrons. The zero-order valence-corrected chi connectivity index (χ0v) is 12.8. The van der Waals surface area contributed by atoms with Crippen LogP contribution in [0.5, 0.6) is 0 Å². The highest BCUT2D eigenvalue weighted by Crippen LogP contribution is 2.47. The molecule has 1 aliphatic rings. The number of rotatable bonds is 1. The molecule has 1 aliphatic carbocycles. The lowest BCUT2D eigenvalue weighted by Crippen LogP contribution is -2.15. The number of aryl methyl sites for hydroxylation is 1. The van der Waals surface area contributed by atoms with Gasteiger partial charge in [0.2, 0.25) is 5.65 Å². The minimum atomic E-state index is -0.192. The van der Waals surface area contributed by atoms with Crippen LogP contribution in [0, 0.1) is 6.92 Å². The van der Waals surface area contributed by atoms with E-state index in [0.717, 1.165) is 39.7 Å². The van der Waals surface area contributed by atoms with Crippen LogP contribution in [0.25, 0.3) is 16.7 Å². The predicted octanol–water partition coefficient (Wildman–Crippen LogP) is 2.69. The van der Waals surface area contributed by atoms with Crippen LogP contribution in [0.4, 0.5) is 0 Å². The number of fused-ring (bicyclic) bond motifs is 3. The number of nitrogens with one attached hydrogen (secondary N) is 1. The van der Waals surface area contributed by atoms with Crippen LogP contribution in [-0.4, -0.2) is 19.6 Å². The second kappa shape index (κ2) is 3.69. The Morgan fingerprint density at radius 3 is 2.80 bits per heavy atom. The van der Waals surface area contributed by atoms with E-state index in [4.69, 9.17) is 0 Å². The van der Waals surface area contributed by atoms with Gasteiger partial charge in [-0.05, 0) is 37.5 Å². The van der Waals surface area contributed by atoms with Gasteiger partial charge in [0.15, 0.2) is 0 Å². The molecule has 102 valence electrons. The molecule has 6 heteroatoms. The second-order valence-electron chi connectivity index (χ2n) is 5.77. The molecule has 0 unspecified atom stereocenters. The molecule has 1 aromatic carbocycles. The first-order chi connectivity index (χ1) is 9.51. The third-order valence-corrected chi connectivity index (χ3v) is 5.10. The van der Waals surface area contributed by atoms with Crippen molar-refractivity contribution in [3.8, 4) is 0 Å². The molecule has 0 saturated heterocycles. The summed E-state index contributed by atoms with van der Waals surface area (Å²) in [5, 5.41) is 8.39. The molecule has 3 aromatic rings. The average molecular weight is 333 g/mol. The molecule has 1 fully saturated rings. The molecule has 0 spiro atoms. The summed E-state index contributed by atoms with van der Waals surface area (Å²) < 4.78 is 2.94. The Labute approximate surface area is 123 Å². The van der Waals surface area contributed by atoms with Crippen LogP contribution < -0.4 is 5.56 Å². The van der Waals surface area contributed by atoms with Gasteiger partial charge in [0.05, 0.1) is 11.0 Å². The Balaban J connectivity index is 2.29. The fraction of sp³-hybridized carbons (Fsp3) is 0.357. The molecule has 0 bridgehead atoms. The summed E-state index contributed by atoms with van der Waals surface area (Å²) in [6.45, 7) is 4.20. The van der Waals surface area contributed by atoms with Crippen molar-refractivity contribution in [2.24, 2.45) is 0 Å². The van der Waals surface area contributed by atoms with E-state index in [-0.39, 0.29) is 11.0 Å². The molecule has 2 aromatic heterocycles. The smallest absolute Gasteiger partial charge is 0.294 e. The maximum Gasteiger partial charge on any atom is 0.294 e. The van der Waals surface area contributed by atoms with E-state index in [1.54, 1.807) is 0 Å². The van der Waals surface area contributed by atoms with E-state index < -0.39 is 0 Å². The molecule has 0 amide bonds. The number of hydrogen-bond donors (Lipinski definition) is 1. The summed E-state index contributed by atoms with van der Waals surface area (Å²) in [4.78, 5) is 15.0. The van der Waals surface area contributed by atoms with Crippen molar-refractivity contribution < 1.29 is 0 Å². The Hall–Kier alpha value is -1.69. The normalized spacial score (nSPS) is 16.9. The number of H-pyrrole nitrogens is 1. The first-order valence-corrected chi connectivity index (χ1v) is 7.37. The van der Waals surface area contributed by atoms with E-state index >= 15 is 0 Å². The molecule has 1 saturated carbocycles. The summed E-state index contributed by atoms with van der Waals surface area (Å²) in [6.07, 6.45) is 2.18. The SMILES string of the molecule is Cc1c(Br)ccc2[nH]c(=O)c3nnc(C4(C)CC4)n3c12. The van der Waals surface area contributed by atoms with Crippen molar-refractivity contribution in [2.75, 3.05) is 0 Å². The number of hydrogen-bond acceptors (Lipinski definition) is 3. The fourth-order valence-electron chi connectivity index (χ4n) is 2.69. The topological polar surface area (TPSA) is 63.0 Å². The Bertz CT molecular complexity index is 920. The van der Waals surface area contributed by atoms with Crippen molar-refractivity contribution in [2.45, 2.75) is 32.1 Å². The van der Waals surface area contributed by atoms with Crippen LogP contribution in [0.1, 0.15) is 31.2 Å². The molecule has 0 atom stereocenters. The first-order valence-electron chi connectivity index (χ1n) is 6.58. The molecule has 2 heterocycles. The summed E-state index contributed by atoms with van der Waals surface area (Å²) in [5.74, 6) is 0.893. The standard InChI is InChI=1S/C14H13BrN4O/c1-7-8(15)3-4-9-10(7)19-11(12(20)16-9)17-18-13(19)14(2)5-6-14/h3-4H,5-6H2,1-2H3,(H,16,20). The van der Waals surface area contributed by atoms with Crippen molar-refractivity contribution in [3.05, 3.63) is 38.3 Å². The van der Waals surface area contributed by atoms with Gasteiger partial charge in [0, 0.05) is 9.89 Å². The van der Waals surface area contributed by atoms with Crippen molar-refractivity contribution in [3.63, 3.8) is 0 Å². The van der Waals surface area contributed by atoms with Crippen molar-refractivity contribution in [1.29, 1.82) is 0 Å². The van der Waals surface area contributed by atoms with Crippen molar-refractivity contribution in [1.82, 2.24) is 19.6 Å². The number of benzene rings is 1. The van der Waals surface area contributed by atoms with Crippen LogP contribution in [-0.2, 0) is 5.41 Å². The van der Waals surface area contributed by atoms with Crippen LogP contribution in [0.15, 0.2) is 21.4 Å². The summed E-state index contributed by atoms with van der Waals surface area (Å²) in [6, 6.07) is 3.86. The van der Waals surface area contributed by atoms with E-state index in [9.17, 15) is 4.79 Å². The minimum absolute atomic E-state index is 0.0505. The lowest BCUT2D eigenvalue weighted by atomic mass is 10.1. The highest BCUT2D eigenvalue weighted by molar-refractivity contribution is 9.10. The Morgan fingerprint density at radius 2 is 2.10 bits per heavy atom. The third-order valence-electron chi connectivity index (χ3n) is 4.24. The molecule has 5 nitrogen and oxygen atoms in total. The fourth-order valence-corrected chi connectivity index (χ4v) is 3.01. The lowest BCUT2D eigenvalue weighted by molar-refractivity contribution is 0.701. The summed E-state index contributed by atoms with van der Waals surface area (Å²) >= 11 is 3.55. The number of nitrogens with zero attached hydrogens (tertiary/aromatic N) is 3. The predicted molar refractivity (Wildman–Crippen MR) is 80.1 cm³/mol. The van der Waals surface area contributed by atoms with Gasteiger partial charge in [0.1, 0.15) is 5.82 Å². The molecule has 20 heavy (non-hydrogen) atoms. The van der Waals surface area contributed by atoms with Crippen LogP contribution >= 0.6 is 15.9 Å². The quantitative estimate of drug-likeness (QED) is 0.745. The van der Waals surface area contributed by atoms with Crippen LogP contribution in [0.3, 0.4) is 0 Å². The van der Waals surface area contributed by atoms with E-state index in [1.807, 2.05) is 23.5 Å². The van der Waals surface area contributed by atoms with Gasteiger partial charge in [0.25, 0.3) is 5.56 Å². The van der Waals surface area contributed by atoms with Gasteiger partial charge in [-0.15, -0.1) is 10.2 Å². The average Bonchev–Trinajstić information content (AvgIpc) is 3.00. The van der Waals surface area contributed by atoms with Gasteiger partial charge in [-0.1, -0.05) is 22.9 Å². The van der Waals surface area contributed by atoms with E-state index in [1.165, 1.54) is 0 Å². The van der Waals surface area contributed by atoms with Crippen LogP contribution in [0.2, 0.25) is 0 Å². The summed E-state index contributed by atoms with van der Waals surface area (Å²) in [7, 11) is 0. The number of aromatic nitrogens is 4. The zero-order valence-electron chi connectivity index (χ0n) is 11.2. The lowest BCUT2D eigenvalue weighted by Gasteiger charge is -2.11. The molecular formula is C14H13BrN4O. The Morgan fingerprint density at radius 1 is 1.35 bits per heavy atom. The molecular weight excluding hydrogens is 320 g/mol. The largest absolute Gasteiger partial charge is 0.317 e. The Kier molecular flexibility index (Phi) is 2.23. The van der Waals surface area contributed by atoms with Gasteiger partial charge in [-0.2, -0.15) is 0 Å². The maximum absolute atomic E-state index is 12.2. The van der Waals surface area contributed by atoms with Crippen molar-refractivity contribution >= 4 is 32.6 Å².